The van der Waals surface area contributed by atoms with E-state index in [1.165, 1.54) is 16.8 Å². The summed E-state index contributed by atoms with van der Waals surface area (Å²) < 4.78 is 48.0. The van der Waals surface area contributed by atoms with Gasteiger partial charge >= 0.3 is 6.18 Å². The molecule has 3 rings (SSSR count). The van der Waals surface area contributed by atoms with Crippen LogP contribution in [0.25, 0.3) is 16.8 Å². The minimum atomic E-state index is -4.54. The van der Waals surface area contributed by atoms with Gasteiger partial charge in [0.1, 0.15) is 5.75 Å². The Hall–Kier alpha value is -2.61. The molecule has 5 nitrogen and oxygen atoms in total. The quantitative estimate of drug-likeness (QED) is 0.668. The third kappa shape index (κ3) is 4.62. The van der Waals surface area contributed by atoms with E-state index in [0.717, 1.165) is 6.07 Å². The molecule has 2 heterocycles. The summed E-state index contributed by atoms with van der Waals surface area (Å²) in [6.07, 6.45) is 0.815. The maximum absolute atomic E-state index is 13.7. The maximum Gasteiger partial charge on any atom is 0.419 e. The predicted octanol–water partition coefficient (Wildman–Crippen LogP) is 4.56. The number of nitrogens with two attached hydrogens (primary N) is 1. The average Bonchev–Trinajstić information content (AvgIpc) is 3.06. The molecular formula is C20H23F3N4O. The van der Waals surface area contributed by atoms with E-state index in [0.29, 0.717) is 23.2 Å². The molecule has 0 saturated heterocycles. The van der Waals surface area contributed by atoms with Gasteiger partial charge in [-0.25, -0.2) is 9.50 Å². The number of ether oxygens (including phenoxy) is 1. The van der Waals surface area contributed by atoms with E-state index in [-0.39, 0.29) is 18.3 Å². The highest BCUT2D eigenvalue weighted by molar-refractivity contribution is 5.77. The van der Waals surface area contributed by atoms with Crippen molar-refractivity contribution < 1.29 is 17.9 Å². The Morgan fingerprint density at radius 1 is 1.18 bits per heavy atom. The zero-order chi connectivity index (χ0) is 20.5. The van der Waals surface area contributed by atoms with Crippen LogP contribution in [0.4, 0.5) is 13.2 Å². The monoisotopic (exact) mass is 392 g/mol. The van der Waals surface area contributed by atoms with Crippen LogP contribution in [0.2, 0.25) is 0 Å². The molecule has 0 aliphatic carbocycles. The van der Waals surface area contributed by atoms with Crippen molar-refractivity contribution in [3.63, 3.8) is 0 Å². The Labute approximate surface area is 161 Å². The van der Waals surface area contributed by atoms with E-state index in [1.807, 2.05) is 20.8 Å². The van der Waals surface area contributed by atoms with Crippen molar-refractivity contribution in [3.05, 3.63) is 48.4 Å². The lowest BCUT2D eigenvalue weighted by molar-refractivity contribution is -0.139. The Balaban J connectivity index is 1.92. The molecule has 2 aromatic heterocycles. The third-order valence-electron chi connectivity index (χ3n) is 4.29. The number of hydrogen-bond acceptors (Lipinski definition) is 4. The normalized spacial score (nSPS) is 13.7. The number of halogens is 3. The first kappa shape index (κ1) is 20.1. The molecule has 2 N–H and O–H groups in total. The van der Waals surface area contributed by atoms with Crippen molar-refractivity contribution in [2.75, 3.05) is 6.61 Å². The van der Waals surface area contributed by atoms with Gasteiger partial charge in [0.25, 0.3) is 0 Å². The van der Waals surface area contributed by atoms with E-state index in [1.54, 1.807) is 24.5 Å². The van der Waals surface area contributed by atoms with Crippen LogP contribution >= 0.6 is 0 Å². The fourth-order valence-corrected chi connectivity index (χ4v) is 3.30. The minimum Gasteiger partial charge on any atom is -0.493 e. The zero-order valence-electron chi connectivity index (χ0n) is 16.0. The smallest absolute Gasteiger partial charge is 0.419 e. The fraction of sp³-hybridized carbons (Fsp3) is 0.400. The van der Waals surface area contributed by atoms with E-state index < -0.39 is 17.3 Å². The Morgan fingerprint density at radius 3 is 2.61 bits per heavy atom. The SMILES string of the molecule is C[C@H](COc1ccc(-c2ccnn3ccnc23)cc1C(F)(F)F)CC(C)(C)N. The van der Waals surface area contributed by atoms with Gasteiger partial charge in [-0.2, -0.15) is 18.3 Å². The van der Waals surface area contributed by atoms with Gasteiger partial charge in [0.2, 0.25) is 0 Å². The summed E-state index contributed by atoms with van der Waals surface area (Å²) in [5.74, 6) is -0.170. The molecule has 0 unspecified atom stereocenters. The highest BCUT2D eigenvalue weighted by Gasteiger charge is 2.35. The molecule has 1 atom stereocenters. The molecular weight excluding hydrogens is 369 g/mol. The topological polar surface area (TPSA) is 65.4 Å². The highest BCUT2D eigenvalue weighted by Crippen LogP contribution is 2.39. The standard InChI is InChI=1S/C20H23F3N4O/c1-13(11-19(2,3)24)12-28-17-5-4-14(10-16(17)20(21,22)23)15-6-7-26-27-9-8-25-18(15)27/h4-10,13H,11-12,24H2,1-3H3/t13-/m0/s1. The lowest BCUT2D eigenvalue weighted by atomic mass is 9.93. The van der Waals surface area contributed by atoms with Gasteiger partial charge in [-0.15, -0.1) is 0 Å². The van der Waals surface area contributed by atoms with E-state index in [4.69, 9.17) is 10.5 Å². The van der Waals surface area contributed by atoms with Crippen LogP contribution in [0.15, 0.2) is 42.9 Å². The van der Waals surface area contributed by atoms with E-state index in [2.05, 4.69) is 10.1 Å². The average molecular weight is 392 g/mol. The van der Waals surface area contributed by atoms with Gasteiger partial charge in [0.15, 0.2) is 5.65 Å². The summed E-state index contributed by atoms with van der Waals surface area (Å²) in [6, 6.07) is 5.70. The number of aromatic nitrogens is 3. The molecule has 0 fully saturated rings. The first-order chi connectivity index (χ1) is 13.0. The second kappa shape index (κ2) is 7.43. The first-order valence-electron chi connectivity index (χ1n) is 8.96. The molecule has 0 amide bonds. The zero-order valence-corrected chi connectivity index (χ0v) is 16.0. The number of rotatable bonds is 6. The van der Waals surface area contributed by atoms with Gasteiger partial charge in [0, 0.05) is 29.7 Å². The number of alkyl halides is 3. The second-order valence-corrected chi connectivity index (χ2v) is 7.76. The van der Waals surface area contributed by atoms with E-state index in [9.17, 15) is 13.2 Å². The predicted molar refractivity (Wildman–Crippen MR) is 101 cm³/mol. The molecule has 1 aromatic carbocycles. The van der Waals surface area contributed by atoms with Crippen molar-refractivity contribution in [1.82, 2.24) is 14.6 Å². The number of fused-ring (bicyclic) bond motifs is 1. The van der Waals surface area contributed by atoms with Crippen molar-refractivity contribution in [3.8, 4) is 16.9 Å². The largest absolute Gasteiger partial charge is 0.493 e. The first-order valence-corrected chi connectivity index (χ1v) is 8.96. The summed E-state index contributed by atoms with van der Waals surface area (Å²) in [5, 5.41) is 4.09. The number of hydrogen-bond donors (Lipinski definition) is 1. The molecule has 8 heteroatoms. The van der Waals surface area contributed by atoms with Crippen LogP contribution in [0, 0.1) is 5.92 Å². The summed E-state index contributed by atoms with van der Waals surface area (Å²) in [7, 11) is 0. The highest BCUT2D eigenvalue weighted by atomic mass is 19.4. The molecule has 150 valence electrons. The van der Waals surface area contributed by atoms with Crippen molar-refractivity contribution >= 4 is 5.65 Å². The molecule has 0 radical (unpaired) electrons. The van der Waals surface area contributed by atoms with Crippen molar-refractivity contribution in [2.24, 2.45) is 11.7 Å². The van der Waals surface area contributed by atoms with Crippen molar-refractivity contribution in [2.45, 2.75) is 38.9 Å². The molecule has 0 aliphatic heterocycles. The Kier molecular flexibility index (Phi) is 5.34. The van der Waals surface area contributed by atoms with Crippen molar-refractivity contribution in [1.29, 1.82) is 0 Å². The van der Waals surface area contributed by atoms with E-state index >= 15 is 0 Å². The molecule has 3 aromatic rings. The van der Waals surface area contributed by atoms with Gasteiger partial charge in [0.05, 0.1) is 12.2 Å². The minimum absolute atomic E-state index is 0.0190. The molecule has 0 saturated carbocycles. The summed E-state index contributed by atoms with van der Waals surface area (Å²) in [4.78, 5) is 4.18. The summed E-state index contributed by atoms with van der Waals surface area (Å²) >= 11 is 0. The fourth-order valence-electron chi connectivity index (χ4n) is 3.30. The Morgan fingerprint density at radius 2 is 1.93 bits per heavy atom. The maximum atomic E-state index is 13.7. The molecule has 0 bridgehead atoms. The van der Waals surface area contributed by atoms with Gasteiger partial charge in [-0.1, -0.05) is 13.0 Å². The van der Waals surface area contributed by atoms with Crippen LogP contribution in [-0.2, 0) is 6.18 Å². The number of imidazole rings is 1. The molecule has 0 spiro atoms. The summed E-state index contributed by atoms with van der Waals surface area (Å²) in [5.41, 5.74) is 6.21. The molecule has 28 heavy (non-hydrogen) atoms. The van der Waals surface area contributed by atoms with Crippen LogP contribution in [-0.4, -0.2) is 26.7 Å². The van der Waals surface area contributed by atoms with Crippen LogP contribution in [0.5, 0.6) is 5.75 Å². The number of benzene rings is 1. The number of nitrogens with zero attached hydrogens (tertiary/aromatic N) is 3. The molecule has 0 aliphatic rings. The second-order valence-electron chi connectivity index (χ2n) is 7.76. The van der Waals surface area contributed by atoms with Gasteiger partial charge < -0.3 is 10.5 Å². The third-order valence-corrected chi connectivity index (χ3v) is 4.29. The Bertz CT molecular complexity index is 960. The van der Waals surface area contributed by atoms with Gasteiger partial charge in [-0.05, 0) is 49.9 Å². The lowest BCUT2D eigenvalue weighted by Gasteiger charge is -2.24. The lowest BCUT2D eigenvalue weighted by Crippen LogP contribution is -2.35. The van der Waals surface area contributed by atoms with Crippen LogP contribution in [0.1, 0.15) is 32.8 Å². The summed E-state index contributed by atoms with van der Waals surface area (Å²) in [6.45, 7) is 5.82. The van der Waals surface area contributed by atoms with Gasteiger partial charge in [-0.3, -0.25) is 0 Å². The van der Waals surface area contributed by atoms with Crippen LogP contribution in [0.3, 0.4) is 0 Å². The van der Waals surface area contributed by atoms with Crippen LogP contribution < -0.4 is 10.5 Å².